The summed E-state index contributed by atoms with van der Waals surface area (Å²) >= 11 is 0. The second kappa shape index (κ2) is 14.2. The van der Waals surface area contributed by atoms with Crippen LogP contribution in [0.25, 0.3) is 100 Å². The van der Waals surface area contributed by atoms with Crippen molar-refractivity contribution in [2.45, 2.75) is 52.4 Å². The summed E-state index contributed by atoms with van der Waals surface area (Å²) in [5.41, 5.74) is 14.5. The van der Waals surface area contributed by atoms with Crippen LogP contribution in [0.2, 0.25) is 0 Å². The molecule has 12 rings (SSSR count). The van der Waals surface area contributed by atoms with Gasteiger partial charge in [-0.15, -0.1) is 0 Å². The highest BCUT2D eigenvalue weighted by Gasteiger charge is 2.57. The van der Waals surface area contributed by atoms with E-state index < -0.39 is 0 Å². The standard InChI is InChI=1S/C60H49N5/c1-58(2)49-36-47(38-21-10-7-11-22-38)48(37-50(49)59(3,4)60(58,5)6)57-62-55(39-23-12-8-13-24-39)61-56(63-57)40-25-20-28-42(35-40)65-52-32-19-17-30-44(52)46-34-33-45-43-29-16-18-31-51(43)64(53(45)54(46)65)41-26-14-9-15-27-41/h7-37H,1-6H3. The predicted octanol–water partition coefficient (Wildman–Crippen LogP) is 15.3. The summed E-state index contributed by atoms with van der Waals surface area (Å²) in [5, 5.41) is 4.84. The van der Waals surface area contributed by atoms with E-state index in [4.69, 9.17) is 15.0 Å². The van der Waals surface area contributed by atoms with E-state index in [0.29, 0.717) is 17.5 Å². The maximum absolute atomic E-state index is 5.48. The SMILES string of the molecule is CC1(C)c2cc(-c3ccccc3)c(-c3nc(-c4ccccc4)nc(-c4cccc(-n5c6ccccc6c6ccc7c8ccccc8n(-c8ccccc8)c7c65)c4)n3)cc2C(C)(C)C1(C)C. The second-order valence-corrected chi connectivity index (χ2v) is 19.3. The fourth-order valence-electron chi connectivity index (χ4n) is 10.9. The molecule has 0 amide bonds. The molecule has 0 saturated carbocycles. The van der Waals surface area contributed by atoms with Crippen LogP contribution in [0.1, 0.15) is 52.7 Å². The van der Waals surface area contributed by atoms with Crippen LogP contribution >= 0.6 is 0 Å². The molecule has 8 aromatic carbocycles. The van der Waals surface area contributed by atoms with Crippen LogP contribution in [0.5, 0.6) is 0 Å². The lowest BCUT2D eigenvalue weighted by Gasteiger charge is -2.44. The molecule has 3 heterocycles. The molecule has 1 aliphatic carbocycles. The van der Waals surface area contributed by atoms with Crippen molar-refractivity contribution < 1.29 is 0 Å². The number of rotatable bonds is 6. The zero-order chi connectivity index (χ0) is 44.2. The molecule has 5 heteroatoms. The lowest BCUT2D eigenvalue weighted by atomic mass is 9.59. The normalized spacial score (nSPS) is 15.0. The quantitative estimate of drug-likeness (QED) is 0.168. The van der Waals surface area contributed by atoms with Gasteiger partial charge in [-0.05, 0) is 87.0 Å². The Hall–Kier alpha value is -7.63. The number of hydrogen-bond donors (Lipinski definition) is 0. The zero-order valence-corrected chi connectivity index (χ0v) is 37.6. The van der Waals surface area contributed by atoms with E-state index in [9.17, 15) is 0 Å². The molecule has 65 heavy (non-hydrogen) atoms. The summed E-state index contributed by atoms with van der Waals surface area (Å²) in [6.07, 6.45) is 0. The fourth-order valence-corrected chi connectivity index (χ4v) is 10.9. The summed E-state index contributed by atoms with van der Waals surface area (Å²) in [4.78, 5) is 16.1. The minimum absolute atomic E-state index is 0.0113. The van der Waals surface area contributed by atoms with Gasteiger partial charge in [-0.3, -0.25) is 0 Å². The van der Waals surface area contributed by atoms with Gasteiger partial charge < -0.3 is 9.13 Å². The van der Waals surface area contributed by atoms with E-state index in [1.807, 2.05) is 18.2 Å². The molecule has 0 atom stereocenters. The van der Waals surface area contributed by atoms with Crippen molar-refractivity contribution in [1.82, 2.24) is 24.1 Å². The minimum Gasteiger partial charge on any atom is -0.307 e. The van der Waals surface area contributed by atoms with Crippen LogP contribution in [0.15, 0.2) is 188 Å². The van der Waals surface area contributed by atoms with Crippen LogP contribution in [0, 0.1) is 5.41 Å². The molecule has 0 N–H and O–H groups in total. The van der Waals surface area contributed by atoms with E-state index in [2.05, 4.69) is 221 Å². The Morgan fingerprint density at radius 2 is 0.769 bits per heavy atom. The molecule has 0 unspecified atom stereocenters. The number of nitrogens with zero attached hydrogens (tertiary/aromatic N) is 5. The van der Waals surface area contributed by atoms with Gasteiger partial charge in [0.15, 0.2) is 17.5 Å². The molecule has 0 saturated heterocycles. The van der Waals surface area contributed by atoms with Gasteiger partial charge in [-0.1, -0.05) is 181 Å². The third-order valence-corrected chi connectivity index (χ3v) is 15.5. The Bertz CT molecular complexity index is 3670. The Morgan fingerprint density at radius 1 is 0.338 bits per heavy atom. The lowest BCUT2D eigenvalue weighted by molar-refractivity contribution is 0.125. The van der Waals surface area contributed by atoms with Gasteiger partial charge in [0.2, 0.25) is 0 Å². The fraction of sp³-hybridized carbons (Fsp3) is 0.150. The van der Waals surface area contributed by atoms with Gasteiger partial charge in [0, 0.05) is 49.6 Å². The van der Waals surface area contributed by atoms with Crippen molar-refractivity contribution in [3.8, 4) is 56.7 Å². The first-order chi connectivity index (χ1) is 31.5. The smallest absolute Gasteiger partial charge is 0.164 e. The van der Waals surface area contributed by atoms with E-state index in [0.717, 1.165) is 50.2 Å². The van der Waals surface area contributed by atoms with Gasteiger partial charge >= 0.3 is 0 Å². The van der Waals surface area contributed by atoms with Crippen LogP contribution in [-0.2, 0) is 10.8 Å². The van der Waals surface area contributed by atoms with Crippen LogP contribution in [0.4, 0.5) is 0 Å². The molecule has 314 valence electrons. The minimum atomic E-state index is -0.109. The maximum atomic E-state index is 5.48. The summed E-state index contributed by atoms with van der Waals surface area (Å²) < 4.78 is 4.87. The molecule has 0 bridgehead atoms. The Labute approximate surface area is 379 Å². The average Bonchev–Trinajstić information content (AvgIpc) is 3.90. The van der Waals surface area contributed by atoms with E-state index in [1.54, 1.807) is 0 Å². The maximum Gasteiger partial charge on any atom is 0.164 e. The van der Waals surface area contributed by atoms with Gasteiger partial charge in [-0.25, -0.2) is 15.0 Å². The third-order valence-electron chi connectivity index (χ3n) is 15.5. The monoisotopic (exact) mass is 839 g/mol. The second-order valence-electron chi connectivity index (χ2n) is 19.3. The molecule has 0 spiro atoms. The van der Waals surface area contributed by atoms with Crippen molar-refractivity contribution in [1.29, 1.82) is 0 Å². The number of aromatic nitrogens is 5. The topological polar surface area (TPSA) is 48.5 Å². The summed E-state index contributed by atoms with van der Waals surface area (Å²) in [7, 11) is 0. The Balaban J connectivity index is 1.12. The molecule has 0 radical (unpaired) electrons. The zero-order valence-electron chi connectivity index (χ0n) is 37.6. The van der Waals surface area contributed by atoms with Gasteiger partial charge in [-0.2, -0.15) is 0 Å². The van der Waals surface area contributed by atoms with Crippen molar-refractivity contribution in [3.63, 3.8) is 0 Å². The highest BCUT2D eigenvalue weighted by atomic mass is 15.1. The van der Waals surface area contributed by atoms with Crippen molar-refractivity contribution >= 4 is 43.6 Å². The molecule has 11 aromatic rings. The number of para-hydroxylation sites is 3. The highest BCUT2D eigenvalue weighted by molar-refractivity contribution is 6.23. The Kier molecular flexibility index (Phi) is 8.51. The highest BCUT2D eigenvalue weighted by Crippen LogP contribution is 2.62. The van der Waals surface area contributed by atoms with E-state index >= 15 is 0 Å². The summed E-state index contributed by atoms with van der Waals surface area (Å²) in [5.74, 6) is 1.92. The van der Waals surface area contributed by atoms with Gasteiger partial charge in [0.25, 0.3) is 0 Å². The van der Waals surface area contributed by atoms with Crippen LogP contribution in [0.3, 0.4) is 0 Å². The molecule has 3 aromatic heterocycles. The summed E-state index contributed by atoms with van der Waals surface area (Å²) in [6.45, 7) is 14.4. The van der Waals surface area contributed by atoms with Crippen LogP contribution in [-0.4, -0.2) is 24.1 Å². The first-order valence-corrected chi connectivity index (χ1v) is 22.7. The molecule has 0 fully saturated rings. The summed E-state index contributed by atoms with van der Waals surface area (Å²) in [6, 6.07) is 67.4. The molecule has 0 aliphatic heterocycles. The third kappa shape index (κ3) is 5.67. The van der Waals surface area contributed by atoms with Crippen molar-refractivity contribution in [2.75, 3.05) is 0 Å². The largest absolute Gasteiger partial charge is 0.307 e. The molecule has 1 aliphatic rings. The Morgan fingerprint density at radius 3 is 1.35 bits per heavy atom. The van der Waals surface area contributed by atoms with E-state index in [1.165, 1.54) is 43.7 Å². The van der Waals surface area contributed by atoms with Crippen molar-refractivity contribution in [3.05, 3.63) is 199 Å². The van der Waals surface area contributed by atoms with Crippen LogP contribution < -0.4 is 0 Å². The predicted molar refractivity (Wildman–Crippen MR) is 270 cm³/mol. The number of hydrogen-bond acceptors (Lipinski definition) is 3. The average molecular weight is 840 g/mol. The first kappa shape index (κ1) is 39.0. The van der Waals surface area contributed by atoms with E-state index in [-0.39, 0.29) is 16.2 Å². The van der Waals surface area contributed by atoms with Crippen molar-refractivity contribution in [2.24, 2.45) is 5.41 Å². The number of fused-ring (bicyclic) bond motifs is 8. The van der Waals surface area contributed by atoms with Gasteiger partial charge in [0.05, 0.1) is 22.1 Å². The first-order valence-electron chi connectivity index (χ1n) is 22.7. The number of benzene rings is 8. The molecular formula is C60H49N5. The van der Waals surface area contributed by atoms with Gasteiger partial charge in [0.1, 0.15) is 0 Å². The molecular weight excluding hydrogens is 791 g/mol. The molecule has 5 nitrogen and oxygen atoms in total. The lowest BCUT2D eigenvalue weighted by Crippen LogP contribution is -2.42.